The van der Waals surface area contributed by atoms with Crippen LogP contribution in [0.5, 0.6) is 5.75 Å². The van der Waals surface area contributed by atoms with E-state index in [1.54, 1.807) is 0 Å². The third-order valence-electron chi connectivity index (χ3n) is 6.12. The monoisotopic (exact) mass is 507 g/mol. The predicted octanol–water partition coefficient (Wildman–Crippen LogP) is 4.13. The molecule has 0 fully saturated rings. The largest absolute Gasteiger partial charge is 0.494 e. The molecule has 5 rings (SSSR count). The van der Waals surface area contributed by atoms with Crippen LogP contribution in [0.25, 0.3) is 10.2 Å². The molecule has 35 heavy (non-hydrogen) atoms. The number of aryl methyl sites for hydroxylation is 1. The normalized spacial score (nSPS) is 14.7. The number of carbonyl (C=O) groups excluding carboxylic acids is 1. The second-order valence-electron chi connectivity index (χ2n) is 8.30. The molecular formula is C26H25N3O4S2. The van der Waals surface area contributed by atoms with Gasteiger partial charge in [-0.05, 0) is 66.9 Å². The van der Waals surface area contributed by atoms with E-state index >= 15 is 0 Å². The smallest absolute Gasteiger partial charge is 0.279 e. The van der Waals surface area contributed by atoms with Crippen molar-refractivity contribution < 1.29 is 17.9 Å². The molecule has 9 heteroatoms. The summed E-state index contributed by atoms with van der Waals surface area (Å²) >= 11 is 1.40. The number of hydrogen-bond acceptors (Lipinski definition) is 5. The molecule has 0 radical (unpaired) electrons. The van der Waals surface area contributed by atoms with Crippen molar-refractivity contribution in [3.05, 3.63) is 88.2 Å². The Bertz CT molecular complexity index is 1590. The van der Waals surface area contributed by atoms with Crippen LogP contribution in [-0.2, 0) is 30.0 Å². The highest BCUT2D eigenvalue weighted by Crippen LogP contribution is 2.26. The average molecular weight is 508 g/mol. The van der Waals surface area contributed by atoms with Gasteiger partial charge in [0.05, 0.1) is 21.7 Å². The van der Waals surface area contributed by atoms with Crippen LogP contribution in [0.15, 0.2) is 76.6 Å². The van der Waals surface area contributed by atoms with Crippen molar-refractivity contribution in [3.8, 4) is 5.75 Å². The maximum atomic E-state index is 13.2. The number of carbonyl (C=O) groups is 1. The number of rotatable bonds is 5. The van der Waals surface area contributed by atoms with E-state index in [1.807, 2.05) is 61.0 Å². The van der Waals surface area contributed by atoms with Crippen molar-refractivity contribution in [2.75, 3.05) is 13.2 Å². The minimum Gasteiger partial charge on any atom is -0.494 e. The van der Waals surface area contributed by atoms with Crippen LogP contribution in [0.1, 0.15) is 28.4 Å². The Labute approximate surface area is 208 Å². The molecule has 3 aromatic carbocycles. The van der Waals surface area contributed by atoms with Gasteiger partial charge in [0, 0.05) is 25.7 Å². The number of ether oxygens (including phenoxy) is 1. The van der Waals surface area contributed by atoms with Crippen LogP contribution >= 0.6 is 11.3 Å². The fourth-order valence-corrected chi connectivity index (χ4v) is 6.69. The summed E-state index contributed by atoms with van der Waals surface area (Å²) in [5.41, 5.74) is 3.50. The minimum atomic E-state index is -3.66. The molecule has 0 N–H and O–H groups in total. The molecule has 0 saturated heterocycles. The predicted molar refractivity (Wildman–Crippen MR) is 136 cm³/mol. The molecule has 1 aliphatic rings. The summed E-state index contributed by atoms with van der Waals surface area (Å²) in [6.45, 7) is 3.29. The maximum absolute atomic E-state index is 13.2. The third-order valence-corrected chi connectivity index (χ3v) is 9.08. The first-order chi connectivity index (χ1) is 16.9. The van der Waals surface area contributed by atoms with Gasteiger partial charge in [-0.3, -0.25) is 4.79 Å². The van der Waals surface area contributed by atoms with Crippen molar-refractivity contribution in [1.82, 2.24) is 8.87 Å². The Morgan fingerprint density at radius 1 is 1.06 bits per heavy atom. The molecule has 0 bridgehead atoms. The summed E-state index contributed by atoms with van der Waals surface area (Å²) in [4.78, 5) is 17.9. The van der Waals surface area contributed by atoms with Gasteiger partial charge in [0.2, 0.25) is 10.0 Å². The summed E-state index contributed by atoms with van der Waals surface area (Å²) in [5, 5.41) is 0. The summed E-state index contributed by atoms with van der Waals surface area (Å²) in [6, 6.07) is 19.7. The second kappa shape index (κ2) is 9.41. The zero-order valence-electron chi connectivity index (χ0n) is 19.5. The molecule has 0 unspecified atom stereocenters. The number of amides is 1. The zero-order valence-corrected chi connectivity index (χ0v) is 21.1. The fourth-order valence-electron chi connectivity index (χ4n) is 4.22. The summed E-state index contributed by atoms with van der Waals surface area (Å²) < 4.78 is 36.3. The highest BCUT2D eigenvalue weighted by Gasteiger charge is 2.28. The molecule has 1 amide bonds. The lowest BCUT2D eigenvalue weighted by Gasteiger charge is -2.28. The lowest BCUT2D eigenvalue weighted by molar-refractivity contribution is 0.0998. The van der Waals surface area contributed by atoms with E-state index < -0.39 is 15.9 Å². The SMILES string of the molecule is CCOc1ccc2c(c1)sc(=NC(=O)c1ccc(S(=O)(=O)N3CCc4ccccc4C3)cc1)n2C. The van der Waals surface area contributed by atoms with Crippen molar-refractivity contribution >= 4 is 37.5 Å². The molecule has 0 saturated carbocycles. The van der Waals surface area contributed by atoms with E-state index in [0.29, 0.717) is 36.5 Å². The van der Waals surface area contributed by atoms with Crippen LogP contribution in [-0.4, -0.2) is 36.3 Å². The van der Waals surface area contributed by atoms with Crippen LogP contribution in [0.2, 0.25) is 0 Å². The Hall–Kier alpha value is -3.27. The molecule has 2 heterocycles. The molecule has 0 atom stereocenters. The van der Waals surface area contributed by atoms with E-state index in [0.717, 1.165) is 21.5 Å². The van der Waals surface area contributed by atoms with E-state index in [-0.39, 0.29) is 4.90 Å². The van der Waals surface area contributed by atoms with Gasteiger partial charge in [-0.1, -0.05) is 35.6 Å². The number of aromatic nitrogens is 1. The van der Waals surface area contributed by atoms with E-state index in [4.69, 9.17) is 4.74 Å². The Balaban J connectivity index is 1.38. The standard InChI is InChI=1S/C26H25N3O4S2/c1-3-33-21-10-13-23-24(16-21)34-26(28(23)2)27-25(30)19-8-11-22(12-9-19)35(31,32)29-15-14-18-6-4-5-7-20(18)17-29/h4-13,16H,3,14-15,17H2,1-2H3. The van der Waals surface area contributed by atoms with Gasteiger partial charge in [-0.15, -0.1) is 0 Å². The van der Waals surface area contributed by atoms with Crippen molar-refractivity contribution in [3.63, 3.8) is 0 Å². The molecular weight excluding hydrogens is 482 g/mol. The number of thiazole rings is 1. The summed E-state index contributed by atoms with van der Waals surface area (Å²) in [7, 11) is -1.80. The number of benzene rings is 3. The van der Waals surface area contributed by atoms with Gasteiger partial charge in [0.25, 0.3) is 5.91 Å². The molecule has 0 aliphatic carbocycles. The second-order valence-corrected chi connectivity index (χ2v) is 11.3. The number of sulfonamides is 1. The molecule has 7 nitrogen and oxygen atoms in total. The number of hydrogen-bond donors (Lipinski definition) is 0. The Kier molecular flexibility index (Phi) is 6.31. The quantitative estimate of drug-likeness (QED) is 0.407. The first-order valence-corrected chi connectivity index (χ1v) is 13.6. The Morgan fingerprint density at radius 2 is 1.80 bits per heavy atom. The van der Waals surface area contributed by atoms with Gasteiger partial charge in [0.1, 0.15) is 5.75 Å². The topological polar surface area (TPSA) is 81.0 Å². The molecule has 0 spiro atoms. The van der Waals surface area contributed by atoms with Crippen LogP contribution in [0, 0.1) is 0 Å². The first kappa shape index (κ1) is 23.5. The maximum Gasteiger partial charge on any atom is 0.279 e. The van der Waals surface area contributed by atoms with Gasteiger partial charge in [-0.25, -0.2) is 8.42 Å². The molecule has 4 aromatic rings. The summed E-state index contributed by atoms with van der Waals surface area (Å²) in [6.07, 6.45) is 0.684. The number of fused-ring (bicyclic) bond motifs is 2. The zero-order chi connectivity index (χ0) is 24.6. The van der Waals surface area contributed by atoms with Crippen molar-refractivity contribution in [1.29, 1.82) is 0 Å². The lowest BCUT2D eigenvalue weighted by atomic mass is 10.0. The molecule has 1 aromatic heterocycles. The molecule has 180 valence electrons. The third kappa shape index (κ3) is 4.54. The van der Waals surface area contributed by atoms with Crippen molar-refractivity contribution in [2.45, 2.75) is 24.8 Å². The highest BCUT2D eigenvalue weighted by molar-refractivity contribution is 7.89. The number of nitrogens with zero attached hydrogens (tertiary/aromatic N) is 3. The fraction of sp³-hybridized carbons (Fsp3) is 0.231. The van der Waals surface area contributed by atoms with E-state index in [1.165, 1.54) is 45.5 Å². The molecule has 1 aliphatic heterocycles. The summed E-state index contributed by atoms with van der Waals surface area (Å²) in [5.74, 6) is 0.349. The van der Waals surface area contributed by atoms with Crippen molar-refractivity contribution in [2.24, 2.45) is 12.0 Å². The van der Waals surface area contributed by atoms with E-state index in [2.05, 4.69) is 4.99 Å². The van der Waals surface area contributed by atoms with Crippen LogP contribution in [0.4, 0.5) is 0 Å². The van der Waals surface area contributed by atoms with Gasteiger partial charge < -0.3 is 9.30 Å². The van der Waals surface area contributed by atoms with Gasteiger partial charge in [0.15, 0.2) is 4.80 Å². The van der Waals surface area contributed by atoms with E-state index in [9.17, 15) is 13.2 Å². The lowest BCUT2D eigenvalue weighted by Crippen LogP contribution is -2.35. The minimum absolute atomic E-state index is 0.171. The van der Waals surface area contributed by atoms with Crippen LogP contribution in [0.3, 0.4) is 0 Å². The van der Waals surface area contributed by atoms with Gasteiger partial charge in [-0.2, -0.15) is 9.30 Å². The average Bonchev–Trinajstić information content (AvgIpc) is 3.18. The Morgan fingerprint density at radius 3 is 2.54 bits per heavy atom. The highest BCUT2D eigenvalue weighted by atomic mass is 32.2. The van der Waals surface area contributed by atoms with Gasteiger partial charge >= 0.3 is 0 Å². The van der Waals surface area contributed by atoms with Crippen LogP contribution < -0.4 is 9.54 Å². The first-order valence-electron chi connectivity index (χ1n) is 11.4.